The minimum atomic E-state index is -0.312. The van der Waals surface area contributed by atoms with E-state index in [0.29, 0.717) is 25.6 Å². The van der Waals surface area contributed by atoms with Crippen molar-refractivity contribution in [1.82, 2.24) is 9.80 Å². The van der Waals surface area contributed by atoms with Crippen LogP contribution in [0, 0.1) is 11.8 Å². The van der Waals surface area contributed by atoms with Crippen molar-refractivity contribution in [3.63, 3.8) is 0 Å². The average molecular weight is 413 g/mol. The average Bonchev–Trinajstić information content (AvgIpc) is 3.22. The molecule has 3 fully saturated rings. The summed E-state index contributed by atoms with van der Waals surface area (Å²) < 4.78 is 13.0. The number of fused-ring (bicyclic) bond motifs is 4. The maximum absolute atomic E-state index is 13.2. The topological polar surface area (TPSA) is 59.1 Å². The summed E-state index contributed by atoms with van der Waals surface area (Å²) in [7, 11) is 0. The van der Waals surface area contributed by atoms with Gasteiger partial charge in [-0.2, -0.15) is 0 Å². The third kappa shape index (κ3) is 3.20. The van der Waals surface area contributed by atoms with Crippen molar-refractivity contribution in [1.29, 1.82) is 0 Å². The summed E-state index contributed by atoms with van der Waals surface area (Å²) in [6.07, 6.45) is 3.76. The molecule has 5 atom stereocenters. The van der Waals surface area contributed by atoms with Crippen molar-refractivity contribution in [2.75, 3.05) is 19.6 Å². The Kier molecular flexibility index (Phi) is 4.80. The Morgan fingerprint density at radius 2 is 1.93 bits per heavy atom. The highest BCUT2D eigenvalue weighted by atomic mass is 16.5. The molecule has 0 aromatic heterocycles. The smallest absolute Gasteiger partial charge is 0.245 e. The fraction of sp³-hybridized carbons (Fsp3) is 0.667. The highest BCUT2D eigenvalue weighted by Crippen LogP contribution is 2.52. The van der Waals surface area contributed by atoms with Gasteiger partial charge < -0.3 is 19.3 Å². The first-order chi connectivity index (χ1) is 14.3. The Balaban J connectivity index is 1.33. The zero-order valence-electron chi connectivity index (χ0n) is 18.2. The summed E-state index contributed by atoms with van der Waals surface area (Å²) in [6.45, 7) is 7.99. The van der Waals surface area contributed by atoms with Gasteiger partial charge >= 0.3 is 0 Å². The van der Waals surface area contributed by atoms with E-state index < -0.39 is 0 Å². The lowest BCUT2D eigenvalue weighted by atomic mass is 9.70. The van der Waals surface area contributed by atoms with E-state index in [1.807, 2.05) is 17.0 Å². The van der Waals surface area contributed by atoms with E-state index in [4.69, 9.17) is 9.47 Å². The van der Waals surface area contributed by atoms with Crippen LogP contribution in [-0.2, 0) is 14.3 Å². The van der Waals surface area contributed by atoms with E-state index in [1.54, 1.807) is 11.8 Å². The molecule has 0 radical (unpaired) electrons. The fourth-order valence-electron chi connectivity index (χ4n) is 6.07. The number of amides is 2. The summed E-state index contributed by atoms with van der Waals surface area (Å²) in [5.74, 6) is 1.62. The molecular formula is C24H32N2O4. The Morgan fingerprint density at radius 1 is 1.13 bits per heavy atom. The summed E-state index contributed by atoms with van der Waals surface area (Å²) in [5.41, 5.74) is 0.842. The number of carbonyl (C=O) groups excluding carboxylic acids is 2. The van der Waals surface area contributed by atoms with Gasteiger partial charge in [-0.1, -0.05) is 18.2 Å². The largest absolute Gasteiger partial charge is 0.487 e. The van der Waals surface area contributed by atoms with Crippen LogP contribution in [0.5, 0.6) is 5.75 Å². The third-order valence-corrected chi connectivity index (χ3v) is 7.65. The number of piperidine rings is 1. The number of rotatable bonds is 1. The molecule has 162 valence electrons. The summed E-state index contributed by atoms with van der Waals surface area (Å²) >= 11 is 0. The predicted octanol–water partition coefficient (Wildman–Crippen LogP) is 3.16. The monoisotopic (exact) mass is 412 g/mol. The highest BCUT2D eigenvalue weighted by Gasteiger charge is 2.52. The van der Waals surface area contributed by atoms with Crippen molar-refractivity contribution in [3.05, 3.63) is 29.8 Å². The Morgan fingerprint density at radius 3 is 2.73 bits per heavy atom. The molecule has 0 aliphatic carbocycles. The van der Waals surface area contributed by atoms with Gasteiger partial charge in [0, 0.05) is 44.0 Å². The van der Waals surface area contributed by atoms with Gasteiger partial charge in [-0.3, -0.25) is 9.59 Å². The SMILES string of the molecule is CC(=O)N1CCC[C@H]1C(=O)N1CC[C@@H]2O[C@@H]3c4ccccc4OC(C)(C)[C@H]3C[C@@H]2C1. The van der Waals surface area contributed by atoms with E-state index in [1.165, 1.54) is 0 Å². The number of hydrogen-bond donors (Lipinski definition) is 0. The van der Waals surface area contributed by atoms with Gasteiger partial charge in [0.2, 0.25) is 11.8 Å². The first-order valence-electron chi connectivity index (χ1n) is 11.3. The number of nitrogens with zero attached hydrogens (tertiary/aromatic N) is 2. The van der Waals surface area contributed by atoms with E-state index >= 15 is 0 Å². The van der Waals surface area contributed by atoms with Gasteiger partial charge in [0.15, 0.2) is 0 Å². The molecule has 1 aromatic rings. The van der Waals surface area contributed by atoms with E-state index in [2.05, 4.69) is 26.0 Å². The summed E-state index contributed by atoms with van der Waals surface area (Å²) in [5, 5.41) is 0. The van der Waals surface area contributed by atoms with Crippen LogP contribution in [0.4, 0.5) is 0 Å². The summed E-state index contributed by atoms with van der Waals surface area (Å²) in [6, 6.07) is 7.94. The Hall–Kier alpha value is -2.08. The third-order valence-electron chi connectivity index (χ3n) is 7.65. The normalized spacial score (nSPS) is 34.4. The maximum atomic E-state index is 13.2. The lowest BCUT2D eigenvalue weighted by molar-refractivity contribution is -0.189. The lowest BCUT2D eigenvalue weighted by Gasteiger charge is -2.53. The second-order valence-corrected chi connectivity index (χ2v) is 9.88. The van der Waals surface area contributed by atoms with Gasteiger partial charge in [0.1, 0.15) is 17.4 Å². The number of para-hydroxylation sites is 1. The van der Waals surface area contributed by atoms with Crippen LogP contribution < -0.4 is 4.74 Å². The molecule has 1 aromatic carbocycles. The molecule has 4 aliphatic heterocycles. The Bertz CT molecular complexity index is 853. The predicted molar refractivity (Wildman–Crippen MR) is 112 cm³/mol. The van der Waals surface area contributed by atoms with Crippen molar-refractivity contribution < 1.29 is 19.1 Å². The van der Waals surface area contributed by atoms with Gasteiger partial charge in [-0.25, -0.2) is 0 Å². The zero-order valence-corrected chi connectivity index (χ0v) is 18.2. The number of benzene rings is 1. The quantitative estimate of drug-likeness (QED) is 0.711. The second kappa shape index (κ2) is 7.26. The standard InChI is InChI=1S/C24H32N2O4/c1-15(27)26-11-6-8-19(26)23(28)25-12-10-20-16(14-25)13-18-22(29-20)17-7-4-5-9-21(17)30-24(18,2)3/h4-5,7,9,16,18-20,22H,6,8,10-14H2,1-3H3/t16-,18+,19+,20+,22-/m1/s1. The number of carbonyl (C=O) groups is 2. The lowest BCUT2D eigenvalue weighted by Crippen LogP contribution is -2.57. The van der Waals surface area contributed by atoms with E-state index in [0.717, 1.165) is 37.0 Å². The fourth-order valence-corrected chi connectivity index (χ4v) is 6.07. The van der Waals surface area contributed by atoms with Crippen LogP contribution in [0.25, 0.3) is 0 Å². The maximum Gasteiger partial charge on any atom is 0.245 e. The van der Waals surface area contributed by atoms with Crippen LogP contribution in [0.2, 0.25) is 0 Å². The number of likely N-dealkylation sites (tertiary alicyclic amines) is 2. The van der Waals surface area contributed by atoms with Gasteiger partial charge in [-0.05, 0) is 45.6 Å². The highest BCUT2D eigenvalue weighted by molar-refractivity contribution is 5.87. The number of hydrogen-bond acceptors (Lipinski definition) is 4. The van der Waals surface area contributed by atoms with Crippen molar-refractivity contribution in [3.8, 4) is 5.75 Å². The molecule has 0 N–H and O–H groups in total. The molecule has 6 heteroatoms. The van der Waals surface area contributed by atoms with Crippen molar-refractivity contribution in [2.45, 2.75) is 70.3 Å². The minimum Gasteiger partial charge on any atom is -0.487 e. The molecule has 0 spiro atoms. The van der Waals surface area contributed by atoms with Gasteiger partial charge in [0.05, 0.1) is 12.2 Å². The van der Waals surface area contributed by atoms with Gasteiger partial charge in [-0.15, -0.1) is 0 Å². The molecule has 0 unspecified atom stereocenters. The molecular weight excluding hydrogens is 380 g/mol. The van der Waals surface area contributed by atoms with Crippen LogP contribution in [-0.4, -0.2) is 59.0 Å². The van der Waals surface area contributed by atoms with E-state index in [-0.39, 0.29) is 41.6 Å². The molecule has 2 amide bonds. The Labute approximate surface area is 178 Å². The van der Waals surface area contributed by atoms with E-state index in [9.17, 15) is 9.59 Å². The van der Waals surface area contributed by atoms with Gasteiger partial charge in [0.25, 0.3) is 0 Å². The molecule has 3 saturated heterocycles. The van der Waals surface area contributed by atoms with Crippen LogP contribution in [0.15, 0.2) is 24.3 Å². The van der Waals surface area contributed by atoms with Crippen LogP contribution >= 0.6 is 0 Å². The molecule has 4 aliphatic rings. The van der Waals surface area contributed by atoms with Crippen molar-refractivity contribution >= 4 is 11.8 Å². The minimum absolute atomic E-state index is 0.00402. The molecule has 0 saturated carbocycles. The molecule has 0 bridgehead atoms. The van der Waals surface area contributed by atoms with Crippen LogP contribution in [0.1, 0.15) is 58.1 Å². The van der Waals surface area contributed by atoms with Crippen molar-refractivity contribution in [2.24, 2.45) is 11.8 Å². The molecule has 4 heterocycles. The molecule has 6 nitrogen and oxygen atoms in total. The first-order valence-corrected chi connectivity index (χ1v) is 11.3. The summed E-state index contributed by atoms with van der Waals surface area (Å²) in [4.78, 5) is 28.9. The number of ether oxygens (including phenoxy) is 2. The van der Waals surface area contributed by atoms with Crippen LogP contribution in [0.3, 0.4) is 0 Å². The zero-order chi connectivity index (χ0) is 21.0. The first kappa shape index (κ1) is 19.9. The molecule has 5 rings (SSSR count). The molecule has 30 heavy (non-hydrogen) atoms. The second-order valence-electron chi connectivity index (χ2n) is 9.88.